The highest BCUT2D eigenvalue weighted by molar-refractivity contribution is 5.94. The lowest BCUT2D eigenvalue weighted by Gasteiger charge is -2.27. The maximum absolute atomic E-state index is 12.1. The van der Waals surface area contributed by atoms with Crippen molar-refractivity contribution in [3.63, 3.8) is 0 Å². The molecule has 6 nitrogen and oxygen atoms in total. The Bertz CT molecular complexity index is 399. The van der Waals surface area contributed by atoms with E-state index in [0.29, 0.717) is 38.7 Å². The second-order valence-corrected chi connectivity index (χ2v) is 6.13. The summed E-state index contributed by atoms with van der Waals surface area (Å²) in [6, 6.07) is -0.179. The first kappa shape index (κ1) is 17.5. The van der Waals surface area contributed by atoms with Crippen molar-refractivity contribution in [1.29, 1.82) is 0 Å². The minimum Gasteiger partial charge on any atom is -0.466 e. The van der Waals surface area contributed by atoms with Gasteiger partial charge in [0.2, 0.25) is 5.91 Å². The van der Waals surface area contributed by atoms with Crippen molar-refractivity contribution in [2.45, 2.75) is 71.4 Å². The topological polar surface area (TPSA) is 72.9 Å². The summed E-state index contributed by atoms with van der Waals surface area (Å²) in [5, 5.41) is 0. The van der Waals surface area contributed by atoms with E-state index in [1.165, 1.54) is 4.90 Å². The Hall–Kier alpha value is -1.59. The maximum Gasteiger partial charge on any atom is 0.417 e. The molecular formula is C15H25NO5. The van der Waals surface area contributed by atoms with Gasteiger partial charge in [-0.2, -0.15) is 0 Å². The van der Waals surface area contributed by atoms with Gasteiger partial charge in [-0.15, -0.1) is 0 Å². The van der Waals surface area contributed by atoms with Crippen LogP contribution in [0.4, 0.5) is 4.79 Å². The van der Waals surface area contributed by atoms with Crippen molar-refractivity contribution in [3.8, 4) is 0 Å². The van der Waals surface area contributed by atoms with E-state index in [1.54, 1.807) is 27.7 Å². The number of carbonyl (C=O) groups is 3. The van der Waals surface area contributed by atoms with Crippen molar-refractivity contribution >= 4 is 18.0 Å². The van der Waals surface area contributed by atoms with Gasteiger partial charge in [-0.25, -0.2) is 9.69 Å². The van der Waals surface area contributed by atoms with Crippen molar-refractivity contribution in [3.05, 3.63) is 0 Å². The van der Waals surface area contributed by atoms with E-state index in [-0.39, 0.29) is 17.9 Å². The number of nitrogens with zero attached hydrogens (tertiary/aromatic N) is 1. The molecule has 1 aliphatic heterocycles. The summed E-state index contributed by atoms with van der Waals surface area (Å²) in [5.74, 6) is -0.448. The molecule has 0 spiro atoms. The smallest absolute Gasteiger partial charge is 0.417 e. The van der Waals surface area contributed by atoms with Crippen LogP contribution in [0.1, 0.15) is 59.8 Å². The molecule has 0 unspecified atom stereocenters. The van der Waals surface area contributed by atoms with Crippen LogP contribution in [0.3, 0.4) is 0 Å². The van der Waals surface area contributed by atoms with Gasteiger partial charge < -0.3 is 9.47 Å². The van der Waals surface area contributed by atoms with E-state index in [9.17, 15) is 14.4 Å². The van der Waals surface area contributed by atoms with Crippen LogP contribution in [0.2, 0.25) is 0 Å². The average Bonchev–Trinajstić information content (AvgIpc) is 2.69. The number of amides is 2. The predicted octanol–water partition coefficient (Wildman–Crippen LogP) is 2.65. The molecule has 1 rings (SSSR count). The number of hydrogen-bond donors (Lipinski definition) is 0. The number of ether oxygens (including phenoxy) is 2. The van der Waals surface area contributed by atoms with E-state index < -0.39 is 11.7 Å². The van der Waals surface area contributed by atoms with Crippen LogP contribution in [0.25, 0.3) is 0 Å². The molecule has 1 atom stereocenters. The van der Waals surface area contributed by atoms with Gasteiger partial charge in [-0.1, -0.05) is 0 Å². The molecule has 0 radical (unpaired) electrons. The van der Waals surface area contributed by atoms with Gasteiger partial charge in [0.1, 0.15) is 5.60 Å². The monoisotopic (exact) mass is 299 g/mol. The minimum absolute atomic E-state index is 0.179. The minimum atomic E-state index is -0.630. The molecule has 0 bridgehead atoms. The zero-order valence-corrected chi connectivity index (χ0v) is 13.3. The molecule has 0 aromatic heterocycles. The Morgan fingerprint density at radius 2 is 2.00 bits per heavy atom. The van der Waals surface area contributed by atoms with Crippen LogP contribution >= 0.6 is 0 Å². The van der Waals surface area contributed by atoms with Crippen molar-refractivity contribution in [2.75, 3.05) is 6.61 Å². The molecule has 0 saturated carbocycles. The lowest BCUT2D eigenvalue weighted by molar-refractivity contribution is -0.143. The molecule has 21 heavy (non-hydrogen) atoms. The van der Waals surface area contributed by atoms with Crippen LogP contribution in [0.15, 0.2) is 0 Å². The summed E-state index contributed by atoms with van der Waals surface area (Å²) in [7, 11) is 0. The van der Waals surface area contributed by atoms with Gasteiger partial charge in [0.15, 0.2) is 0 Å². The highest BCUT2D eigenvalue weighted by Crippen LogP contribution is 2.25. The quantitative estimate of drug-likeness (QED) is 0.730. The Labute approximate surface area is 125 Å². The number of esters is 1. The van der Waals surface area contributed by atoms with Crippen LogP contribution in [0, 0.1) is 0 Å². The van der Waals surface area contributed by atoms with Crippen molar-refractivity contribution in [2.24, 2.45) is 0 Å². The Morgan fingerprint density at radius 3 is 2.57 bits per heavy atom. The van der Waals surface area contributed by atoms with Crippen LogP contribution in [-0.2, 0) is 19.1 Å². The molecule has 1 heterocycles. The van der Waals surface area contributed by atoms with E-state index in [1.807, 2.05) is 0 Å². The third kappa shape index (κ3) is 5.73. The summed E-state index contributed by atoms with van der Waals surface area (Å²) in [4.78, 5) is 36.4. The predicted molar refractivity (Wildman–Crippen MR) is 76.6 cm³/mol. The number of imide groups is 1. The molecule has 1 saturated heterocycles. The number of likely N-dealkylation sites (tertiary alicyclic amines) is 1. The molecule has 0 aromatic rings. The fraction of sp³-hybridized carbons (Fsp3) is 0.800. The summed E-state index contributed by atoms with van der Waals surface area (Å²) < 4.78 is 10.1. The van der Waals surface area contributed by atoms with Gasteiger partial charge in [-0.3, -0.25) is 9.59 Å². The molecule has 120 valence electrons. The Kier molecular flexibility index (Phi) is 6.18. The first-order chi connectivity index (χ1) is 9.74. The summed E-state index contributed by atoms with van der Waals surface area (Å²) in [6.07, 6.45) is 1.89. The molecule has 2 amide bonds. The molecule has 0 aliphatic carbocycles. The van der Waals surface area contributed by atoms with Gasteiger partial charge in [0.25, 0.3) is 0 Å². The summed E-state index contributed by atoms with van der Waals surface area (Å²) in [6.45, 7) is 7.42. The van der Waals surface area contributed by atoms with Crippen LogP contribution < -0.4 is 0 Å². The standard InChI is InChI=1S/C15H25NO5/c1-5-20-13(18)8-6-7-11-9-10-12(17)16(11)14(19)21-15(2,3)4/h11H,5-10H2,1-4H3/t11-/m0/s1. The highest BCUT2D eigenvalue weighted by Gasteiger charge is 2.38. The average molecular weight is 299 g/mol. The van der Waals surface area contributed by atoms with Gasteiger partial charge in [0, 0.05) is 18.9 Å². The second kappa shape index (κ2) is 7.43. The number of carbonyl (C=O) groups excluding carboxylic acids is 3. The third-order valence-corrected chi connectivity index (χ3v) is 3.14. The van der Waals surface area contributed by atoms with Crippen molar-refractivity contribution in [1.82, 2.24) is 4.90 Å². The van der Waals surface area contributed by atoms with Crippen LogP contribution in [0.5, 0.6) is 0 Å². The van der Waals surface area contributed by atoms with Gasteiger partial charge >= 0.3 is 12.1 Å². The summed E-state index contributed by atoms with van der Waals surface area (Å²) in [5.41, 5.74) is -0.630. The molecule has 6 heteroatoms. The Balaban J connectivity index is 2.51. The SMILES string of the molecule is CCOC(=O)CCC[C@H]1CCC(=O)N1C(=O)OC(C)(C)C. The number of hydrogen-bond acceptors (Lipinski definition) is 5. The lowest BCUT2D eigenvalue weighted by atomic mass is 10.1. The molecule has 0 aromatic carbocycles. The van der Waals surface area contributed by atoms with Gasteiger partial charge in [0.05, 0.1) is 6.61 Å². The highest BCUT2D eigenvalue weighted by atomic mass is 16.6. The zero-order valence-electron chi connectivity index (χ0n) is 13.3. The molecule has 0 N–H and O–H groups in total. The van der Waals surface area contributed by atoms with Crippen molar-refractivity contribution < 1.29 is 23.9 Å². The second-order valence-electron chi connectivity index (χ2n) is 6.13. The third-order valence-electron chi connectivity index (χ3n) is 3.14. The van der Waals surface area contributed by atoms with E-state index in [0.717, 1.165) is 0 Å². The summed E-state index contributed by atoms with van der Waals surface area (Å²) >= 11 is 0. The number of rotatable bonds is 5. The Morgan fingerprint density at radius 1 is 1.33 bits per heavy atom. The molecule has 1 aliphatic rings. The lowest BCUT2D eigenvalue weighted by Crippen LogP contribution is -2.42. The van der Waals surface area contributed by atoms with E-state index in [2.05, 4.69) is 0 Å². The zero-order chi connectivity index (χ0) is 16.0. The fourth-order valence-corrected chi connectivity index (χ4v) is 2.29. The normalized spacial score (nSPS) is 18.8. The van der Waals surface area contributed by atoms with E-state index >= 15 is 0 Å². The van der Waals surface area contributed by atoms with E-state index in [4.69, 9.17) is 9.47 Å². The first-order valence-electron chi connectivity index (χ1n) is 7.45. The van der Waals surface area contributed by atoms with Gasteiger partial charge in [-0.05, 0) is 47.0 Å². The largest absolute Gasteiger partial charge is 0.466 e. The molecular weight excluding hydrogens is 274 g/mol. The van der Waals surface area contributed by atoms with Crippen LogP contribution in [-0.4, -0.2) is 41.1 Å². The first-order valence-corrected chi connectivity index (χ1v) is 7.45. The molecule has 1 fully saturated rings. The fourth-order valence-electron chi connectivity index (χ4n) is 2.29. The maximum atomic E-state index is 12.1.